The van der Waals surface area contributed by atoms with Crippen LogP contribution in [-0.4, -0.2) is 16.2 Å². The zero-order chi connectivity index (χ0) is 11.9. The minimum absolute atomic E-state index is 0.0486. The SMILES string of the molecule is Cc1cc(O)c([C@]2(C)CCC(=O)O2)cc1O. The number of hydrogen-bond acceptors (Lipinski definition) is 4. The van der Waals surface area contributed by atoms with Crippen LogP contribution in [0.4, 0.5) is 0 Å². The van der Waals surface area contributed by atoms with Gasteiger partial charge in [0.2, 0.25) is 0 Å². The summed E-state index contributed by atoms with van der Waals surface area (Å²) in [5.74, 6) is -0.133. The van der Waals surface area contributed by atoms with Gasteiger partial charge in [0.25, 0.3) is 0 Å². The van der Waals surface area contributed by atoms with Gasteiger partial charge in [-0.1, -0.05) is 0 Å². The molecule has 4 heteroatoms. The minimum atomic E-state index is -0.827. The number of hydrogen-bond donors (Lipinski definition) is 2. The van der Waals surface area contributed by atoms with Crippen LogP contribution in [0.3, 0.4) is 0 Å². The molecule has 2 N–H and O–H groups in total. The molecule has 0 radical (unpaired) electrons. The summed E-state index contributed by atoms with van der Waals surface area (Å²) < 4.78 is 5.20. The highest BCUT2D eigenvalue weighted by atomic mass is 16.6. The maximum atomic E-state index is 11.1. The molecule has 2 rings (SSSR count). The van der Waals surface area contributed by atoms with Gasteiger partial charge in [0.15, 0.2) is 0 Å². The lowest BCUT2D eigenvalue weighted by molar-refractivity contribution is -0.147. The molecular weight excluding hydrogens is 208 g/mol. The highest BCUT2D eigenvalue weighted by Crippen LogP contribution is 2.42. The molecule has 1 aromatic rings. The number of aryl methyl sites for hydroxylation is 1. The van der Waals surface area contributed by atoms with Gasteiger partial charge >= 0.3 is 5.97 Å². The van der Waals surface area contributed by atoms with Gasteiger partial charge < -0.3 is 14.9 Å². The Morgan fingerprint density at radius 3 is 2.56 bits per heavy atom. The Hall–Kier alpha value is -1.71. The van der Waals surface area contributed by atoms with Gasteiger partial charge in [-0.15, -0.1) is 0 Å². The van der Waals surface area contributed by atoms with E-state index in [1.807, 2.05) is 0 Å². The third kappa shape index (κ3) is 1.60. The minimum Gasteiger partial charge on any atom is -0.508 e. The summed E-state index contributed by atoms with van der Waals surface area (Å²) in [6, 6.07) is 2.94. The Morgan fingerprint density at radius 1 is 1.31 bits per heavy atom. The molecule has 0 bridgehead atoms. The molecule has 86 valence electrons. The van der Waals surface area contributed by atoms with Crippen molar-refractivity contribution in [2.75, 3.05) is 0 Å². The van der Waals surface area contributed by atoms with E-state index in [0.717, 1.165) is 0 Å². The second-order valence-electron chi connectivity index (χ2n) is 4.36. The van der Waals surface area contributed by atoms with Crippen molar-refractivity contribution >= 4 is 5.97 Å². The number of phenolic OH excluding ortho intramolecular Hbond substituents is 2. The van der Waals surface area contributed by atoms with Crippen LogP contribution in [0, 0.1) is 6.92 Å². The van der Waals surface area contributed by atoms with Crippen molar-refractivity contribution in [2.45, 2.75) is 32.3 Å². The first-order valence-corrected chi connectivity index (χ1v) is 5.17. The normalized spacial score (nSPS) is 24.5. The Kier molecular flexibility index (Phi) is 2.30. The number of carbonyl (C=O) groups excluding carboxylic acids is 1. The first-order valence-electron chi connectivity index (χ1n) is 5.17. The first-order chi connectivity index (χ1) is 7.42. The molecule has 16 heavy (non-hydrogen) atoms. The fourth-order valence-electron chi connectivity index (χ4n) is 1.99. The number of carbonyl (C=O) groups is 1. The van der Waals surface area contributed by atoms with Crippen LogP contribution in [0.25, 0.3) is 0 Å². The van der Waals surface area contributed by atoms with Gasteiger partial charge in [-0.05, 0) is 31.5 Å². The lowest BCUT2D eigenvalue weighted by Gasteiger charge is -2.24. The smallest absolute Gasteiger partial charge is 0.306 e. The number of esters is 1. The lowest BCUT2D eigenvalue weighted by Crippen LogP contribution is -2.21. The number of rotatable bonds is 1. The topological polar surface area (TPSA) is 66.8 Å². The van der Waals surface area contributed by atoms with E-state index in [-0.39, 0.29) is 17.5 Å². The summed E-state index contributed by atoms with van der Waals surface area (Å²) in [7, 11) is 0. The van der Waals surface area contributed by atoms with Crippen LogP contribution < -0.4 is 0 Å². The number of phenols is 2. The van der Waals surface area contributed by atoms with Crippen LogP contribution in [0.1, 0.15) is 30.9 Å². The fourth-order valence-corrected chi connectivity index (χ4v) is 1.99. The lowest BCUT2D eigenvalue weighted by atomic mass is 9.91. The van der Waals surface area contributed by atoms with Crippen molar-refractivity contribution in [1.82, 2.24) is 0 Å². The van der Waals surface area contributed by atoms with E-state index in [2.05, 4.69) is 0 Å². The van der Waals surface area contributed by atoms with Crippen molar-refractivity contribution < 1.29 is 19.7 Å². The predicted octanol–water partition coefficient (Wildman–Crippen LogP) is 1.96. The molecule has 0 amide bonds. The fraction of sp³-hybridized carbons (Fsp3) is 0.417. The van der Waals surface area contributed by atoms with E-state index >= 15 is 0 Å². The quantitative estimate of drug-likeness (QED) is 0.563. The van der Waals surface area contributed by atoms with E-state index < -0.39 is 5.60 Å². The summed E-state index contributed by atoms with van der Waals surface area (Å²) in [4.78, 5) is 11.1. The molecule has 0 spiro atoms. The van der Waals surface area contributed by atoms with Crippen LogP contribution >= 0.6 is 0 Å². The van der Waals surface area contributed by atoms with Gasteiger partial charge in [-0.3, -0.25) is 4.79 Å². The van der Waals surface area contributed by atoms with Crippen molar-refractivity contribution in [3.8, 4) is 11.5 Å². The van der Waals surface area contributed by atoms with Gasteiger partial charge in [-0.25, -0.2) is 0 Å². The van der Waals surface area contributed by atoms with Crippen LogP contribution in [0.5, 0.6) is 11.5 Å². The number of ether oxygens (including phenoxy) is 1. The van der Waals surface area contributed by atoms with Crippen LogP contribution in [0.15, 0.2) is 12.1 Å². The molecular formula is C12H14O4. The average molecular weight is 222 g/mol. The van der Waals surface area contributed by atoms with E-state index in [1.54, 1.807) is 13.8 Å². The van der Waals surface area contributed by atoms with Gasteiger partial charge in [-0.2, -0.15) is 0 Å². The van der Waals surface area contributed by atoms with Gasteiger partial charge in [0.1, 0.15) is 17.1 Å². The molecule has 0 saturated carbocycles. The maximum Gasteiger partial charge on any atom is 0.306 e. The third-order valence-electron chi connectivity index (χ3n) is 3.03. The van der Waals surface area contributed by atoms with E-state index in [4.69, 9.17) is 4.74 Å². The highest BCUT2D eigenvalue weighted by molar-refractivity contribution is 5.73. The zero-order valence-corrected chi connectivity index (χ0v) is 9.28. The summed E-state index contributed by atoms with van der Waals surface area (Å²) >= 11 is 0. The Balaban J connectivity index is 2.48. The molecule has 1 atom stereocenters. The van der Waals surface area contributed by atoms with Crippen molar-refractivity contribution in [3.05, 3.63) is 23.3 Å². The molecule has 1 saturated heterocycles. The highest BCUT2D eigenvalue weighted by Gasteiger charge is 2.39. The third-order valence-corrected chi connectivity index (χ3v) is 3.03. The number of cyclic esters (lactones) is 1. The average Bonchev–Trinajstić information content (AvgIpc) is 2.53. The van der Waals surface area contributed by atoms with Crippen LogP contribution in [-0.2, 0) is 15.1 Å². The second kappa shape index (κ2) is 3.40. The summed E-state index contributed by atoms with van der Waals surface area (Å²) in [6.07, 6.45) is 0.854. The van der Waals surface area contributed by atoms with Gasteiger partial charge in [0, 0.05) is 18.4 Å². The molecule has 0 aromatic heterocycles. The first kappa shape index (κ1) is 10.8. The number of aromatic hydroxyl groups is 2. The maximum absolute atomic E-state index is 11.1. The summed E-state index contributed by atoms with van der Waals surface area (Å²) in [5.41, 5.74) is 0.224. The molecule has 1 fully saturated rings. The summed E-state index contributed by atoms with van der Waals surface area (Å²) in [5, 5.41) is 19.4. The van der Waals surface area contributed by atoms with Crippen molar-refractivity contribution in [3.63, 3.8) is 0 Å². The molecule has 1 heterocycles. The standard InChI is InChI=1S/C12H14O4/c1-7-5-10(14)8(6-9(7)13)12(2)4-3-11(15)16-12/h5-6,13-14H,3-4H2,1-2H3/t12-/m0/s1. The monoisotopic (exact) mass is 222 g/mol. The Morgan fingerprint density at radius 2 is 2.00 bits per heavy atom. The molecule has 0 unspecified atom stereocenters. The Bertz CT molecular complexity index is 453. The zero-order valence-electron chi connectivity index (χ0n) is 9.28. The Labute approximate surface area is 93.5 Å². The van der Waals surface area contributed by atoms with E-state index in [0.29, 0.717) is 24.0 Å². The molecule has 1 aliphatic rings. The molecule has 4 nitrogen and oxygen atoms in total. The van der Waals surface area contributed by atoms with E-state index in [1.165, 1.54) is 12.1 Å². The van der Waals surface area contributed by atoms with Gasteiger partial charge in [0.05, 0.1) is 0 Å². The molecule has 1 aromatic carbocycles. The predicted molar refractivity (Wildman–Crippen MR) is 57.2 cm³/mol. The largest absolute Gasteiger partial charge is 0.508 e. The summed E-state index contributed by atoms with van der Waals surface area (Å²) in [6.45, 7) is 3.43. The molecule has 0 aliphatic carbocycles. The second-order valence-corrected chi connectivity index (χ2v) is 4.36. The van der Waals surface area contributed by atoms with E-state index in [9.17, 15) is 15.0 Å². The number of benzene rings is 1. The van der Waals surface area contributed by atoms with Crippen LogP contribution in [0.2, 0.25) is 0 Å². The molecule has 1 aliphatic heterocycles. The van der Waals surface area contributed by atoms with Crippen molar-refractivity contribution in [2.24, 2.45) is 0 Å². The van der Waals surface area contributed by atoms with Crippen molar-refractivity contribution in [1.29, 1.82) is 0 Å².